The van der Waals surface area contributed by atoms with E-state index in [9.17, 15) is 0 Å². The van der Waals surface area contributed by atoms with Crippen molar-refractivity contribution in [1.29, 1.82) is 0 Å². The van der Waals surface area contributed by atoms with Crippen molar-refractivity contribution < 1.29 is 20.1 Å². The van der Waals surface area contributed by atoms with Crippen LogP contribution in [0.2, 0.25) is 19.6 Å². The number of hydrogen-bond acceptors (Lipinski definition) is 3. The van der Waals surface area contributed by atoms with E-state index < -0.39 is 8.07 Å². The smallest absolute Gasteiger partial charge is 0.0799 e. The Kier molecular flexibility index (Phi) is 14.5. The Labute approximate surface area is 412 Å². The summed E-state index contributed by atoms with van der Waals surface area (Å²) >= 11 is 1.86. The topological polar surface area (TPSA) is 30.7 Å². The summed E-state index contributed by atoms with van der Waals surface area (Å²) in [5.41, 5.74) is 14.8. The summed E-state index contributed by atoms with van der Waals surface area (Å²) in [6.45, 7) is 21.1. The quantitative estimate of drug-likeness (QED) is 0.107. The zero-order valence-electron chi connectivity index (χ0n) is 40.1. The molecule has 0 amide bonds. The summed E-state index contributed by atoms with van der Waals surface area (Å²) in [7, 11) is -1.36. The minimum atomic E-state index is -1.36. The van der Waals surface area contributed by atoms with Crippen LogP contribution in [0.3, 0.4) is 0 Å². The van der Waals surface area contributed by atoms with E-state index in [1.54, 1.807) is 10.8 Å². The van der Waals surface area contributed by atoms with Crippen molar-refractivity contribution in [3.05, 3.63) is 168 Å². The number of nitrogens with zero attached hydrogens (tertiary/aromatic N) is 3. The van der Waals surface area contributed by atoms with Gasteiger partial charge < -0.3 is 9.55 Å². The fraction of sp³-hybridized carbons (Fsp3) is 0.300. The molecule has 0 N–H and O–H groups in total. The minimum Gasteiger partial charge on any atom is -0.333 e. The molecule has 0 unspecified atom stereocenters. The predicted octanol–water partition coefficient (Wildman–Crippen LogP) is 17.0. The van der Waals surface area contributed by atoms with Crippen LogP contribution in [0.25, 0.3) is 70.7 Å². The van der Waals surface area contributed by atoms with Gasteiger partial charge in [-0.3, -0.25) is 4.98 Å². The van der Waals surface area contributed by atoms with Gasteiger partial charge in [0.15, 0.2) is 0 Å². The van der Waals surface area contributed by atoms with Gasteiger partial charge in [-0.15, -0.1) is 53.6 Å². The molecule has 3 aromatic heterocycles. The number of benzene rings is 6. The van der Waals surface area contributed by atoms with Crippen molar-refractivity contribution in [3.63, 3.8) is 0 Å². The maximum Gasteiger partial charge on any atom is 0.0799 e. The van der Waals surface area contributed by atoms with Crippen LogP contribution in [-0.4, -0.2) is 22.6 Å². The van der Waals surface area contributed by atoms with Gasteiger partial charge in [-0.1, -0.05) is 170 Å². The van der Waals surface area contributed by atoms with Gasteiger partial charge in [-0.25, -0.2) is 0 Å². The van der Waals surface area contributed by atoms with Crippen LogP contribution in [0.1, 0.15) is 120 Å². The number of para-hydroxylation sites is 2. The third-order valence-electron chi connectivity index (χ3n) is 13.4. The summed E-state index contributed by atoms with van der Waals surface area (Å²) in [6, 6.07) is 52.8. The van der Waals surface area contributed by atoms with Crippen molar-refractivity contribution in [3.8, 4) is 39.5 Å². The van der Waals surface area contributed by atoms with Crippen LogP contribution in [0.5, 0.6) is 0 Å². The second-order valence-electron chi connectivity index (χ2n) is 20.0. The maximum atomic E-state index is 5.37. The van der Waals surface area contributed by atoms with Gasteiger partial charge in [-0.05, 0) is 104 Å². The monoisotopic (exact) mass is 1080 g/mol. The van der Waals surface area contributed by atoms with Gasteiger partial charge in [0.1, 0.15) is 0 Å². The number of rotatable bonds is 9. The fourth-order valence-corrected chi connectivity index (χ4v) is 12.8. The molecular formula is C60H63IrN3SSi-2. The van der Waals surface area contributed by atoms with Gasteiger partial charge in [0.25, 0.3) is 0 Å². The van der Waals surface area contributed by atoms with Crippen LogP contribution >= 0.6 is 11.3 Å². The molecule has 3 heterocycles. The molecule has 3 nitrogen and oxygen atoms in total. The third-order valence-corrected chi connectivity index (χ3v) is 16.6. The second kappa shape index (κ2) is 20.1. The normalized spacial score (nSPS) is 13.5. The Morgan fingerprint density at radius 2 is 1.33 bits per heavy atom. The standard InChI is InChI=1S/C40H37N2S.C20H26NSi.Ir/c1-24(2)29-20-21-31(39-37(29)30-16-10-13-19-36(30)43-39)40-41-34-17-11-12-18-35(34)42(40)38-32(25(3)4)22-28(23-33(38)26(5)6)27-14-8-7-9-15-27;1-22(2,3)20-15-21-19(17-12-8-5-9-13-17)14-18(20)16-10-6-4-7-11-16;/h7-20,22-26H,1-6H3;5,8-9,12,14-16H,4,6-7,10-11H2,1-3H3;/q2*-1;. The van der Waals surface area contributed by atoms with E-state index in [4.69, 9.17) is 9.97 Å². The molecule has 339 valence electrons. The number of fused-ring (bicyclic) bond motifs is 4. The average Bonchev–Trinajstić information content (AvgIpc) is 3.91. The zero-order chi connectivity index (χ0) is 45.4. The molecule has 0 spiro atoms. The van der Waals surface area contributed by atoms with Crippen molar-refractivity contribution in [2.24, 2.45) is 0 Å². The van der Waals surface area contributed by atoms with E-state index in [-0.39, 0.29) is 20.1 Å². The van der Waals surface area contributed by atoms with Gasteiger partial charge in [0.05, 0.1) is 24.9 Å². The number of imidazole rings is 1. The summed E-state index contributed by atoms with van der Waals surface area (Å²) in [5, 5.41) is 4.22. The Balaban J connectivity index is 0.000000217. The van der Waals surface area contributed by atoms with Crippen molar-refractivity contribution in [1.82, 2.24) is 14.5 Å². The molecular weight excluding hydrogens is 1020 g/mol. The van der Waals surface area contributed by atoms with Crippen molar-refractivity contribution in [2.45, 2.75) is 117 Å². The Morgan fingerprint density at radius 1 is 0.682 bits per heavy atom. The predicted molar refractivity (Wildman–Crippen MR) is 283 cm³/mol. The first-order chi connectivity index (χ1) is 31.4. The first-order valence-electron chi connectivity index (χ1n) is 23.9. The molecule has 1 saturated carbocycles. The van der Waals surface area contributed by atoms with E-state index in [0.717, 1.165) is 39.6 Å². The first-order valence-corrected chi connectivity index (χ1v) is 28.3. The molecule has 1 aliphatic rings. The Hall–Kier alpha value is -4.97. The zero-order valence-corrected chi connectivity index (χ0v) is 44.3. The Morgan fingerprint density at radius 3 is 2.00 bits per heavy atom. The SMILES string of the molecule is CC(C)c1cc(-c2ccccc2)cc(C(C)C)c1-n1c(-c2[c-]cc(C(C)C)c3c2sc2ccccc23)nc2ccccc21.C[Si](C)(C)c1cnc(-c2[c-]cccc2)cc1C1CCCCC1.[Ir]. The first kappa shape index (κ1) is 47.5. The summed E-state index contributed by atoms with van der Waals surface area (Å²) < 4.78 is 5.02. The van der Waals surface area contributed by atoms with E-state index in [1.165, 1.54) is 85.8 Å². The molecule has 6 heteroatoms. The van der Waals surface area contributed by atoms with Gasteiger partial charge in [0.2, 0.25) is 0 Å². The molecule has 6 aromatic carbocycles. The number of hydrogen-bond donors (Lipinski definition) is 0. The molecule has 0 saturated heterocycles. The fourth-order valence-electron chi connectivity index (χ4n) is 10.0. The van der Waals surface area contributed by atoms with E-state index in [1.807, 2.05) is 23.5 Å². The second-order valence-corrected chi connectivity index (χ2v) is 26.1. The van der Waals surface area contributed by atoms with Crippen LogP contribution < -0.4 is 5.19 Å². The van der Waals surface area contributed by atoms with E-state index in [2.05, 4.69) is 199 Å². The molecule has 0 atom stereocenters. The summed E-state index contributed by atoms with van der Waals surface area (Å²) in [4.78, 5) is 10.1. The summed E-state index contributed by atoms with van der Waals surface area (Å²) in [5.74, 6) is 2.74. The number of aromatic nitrogens is 3. The average molecular weight is 1080 g/mol. The largest absolute Gasteiger partial charge is 0.333 e. The summed E-state index contributed by atoms with van der Waals surface area (Å²) in [6.07, 6.45) is 9.03. The molecule has 10 rings (SSSR count). The molecule has 1 fully saturated rings. The van der Waals surface area contributed by atoms with Crippen molar-refractivity contribution in [2.75, 3.05) is 0 Å². The molecule has 9 aromatic rings. The van der Waals surface area contributed by atoms with Gasteiger partial charge in [-0.2, -0.15) is 11.3 Å². The van der Waals surface area contributed by atoms with Crippen LogP contribution in [-0.2, 0) is 20.1 Å². The molecule has 0 aliphatic heterocycles. The molecule has 1 aliphatic carbocycles. The number of thiophene rings is 1. The van der Waals surface area contributed by atoms with E-state index >= 15 is 0 Å². The maximum absolute atomic E-state index is 5.37. The van der Waals surface area contributed by atoms with Crippen LogP contribution in [0.4, 0.5) is 0 Å². The van der Waals surface area contributed by atoms with Gasteiger partial charge >= 0.3 is 0 Å². The van der Waals surface area contributed by atoms with Gasteiger partial charge in [0, 0.05) is 36.7 Å². The minimum absolute atomic E-state index is 0. The number of pyridine rings is 1. The molecule has 0 bridgehead atoms. The van der Waals surface area contributed by atoms with Crippen LogP contribution in [0.15, 0.2) is 134 Å². The molecule has 1 radical (unpaired) electrons. The molecule has 66 heavy (non-hydrogen) atoms. The van der Waals surface area contributed by atoms with Crippen LogP contribution in [0, 0.1) is 12.1 Å². The third kappa shape index (κ3) is 9.45. The van der Waals surface area contributed by atoms with E-state index in [0.29, 0.717) is 17.8 Å². The Bertz CT molecular complexity index is 3070. The van der Waals surface area contributed by atoms with Crippen molar-refractivity contribution >= 4 is 55.8 Å².